The van der Waals surface area contributed by atoms with Crippen molar-refractivity contribution in [2.24, 2.45) is 0 Å². The van der Waals surface area contributed by atoms with Gasteiger partial charge in [-0.15, -0.1) is 0 Å². The van der Waals surface area contributed by atoms with E-state index in [4.69, 9.17) is 9.47 Å². The molecule has 0 spiro atoms. The van der Waals surface area contributed by atoms with E-state index in [0.717, 1.165) is 18.0 Å². The molecule has 0 amide bonds. The van der Waals surface area contributed by atoms with Gasteiger partial charge in [0.2, 0.25) is 0 Å². The summed E-state index contributed by atoms with van der Waals surface area (Å²) in [6.45, 7) is 2.08. The Bertz CT molecular complexity index is 286. The quantitative estimate of drug-likeness (QED) is 0.647. The van der Waals surface area contributed by atoms with E-state index in [1.165, 1.54) is 5.56 Å². The van der Waals surface area contributed by atoms with E-state index in [0.29, 0.717) is 13.2 Å². The molecule has 1 aromatic rings. The molecule has 1 aliphatic heterocycles. The number of quaternary nitrogens is 1. The van der Waals surface area contributed by atoms with Gasteiger partial charge in [-0.05, 0) is 18.2 Å². The molecule has 0 radical (unpaired) electrons. The van der Waals surface area contributed by atoms with Crippen LogP contribution in [0, 0.1) is 0 Å². The van der Waals surface area contributed by atoms with E-state index in [1.54, 1.807) is 0 Å². The summed E-state index contributed by atoms with van der Waals surface area (Å²) < 4.78 is 10.8. The van der Waals surface area contributed by atoms with Crippen LogP contribution in [0.3, 0.4) is 0 Å². The molecule has 2 rings (SSSR count). The number of ether oxygens (including phenoxy) is 2. The van der Waals surface area contributed by atoms with E-state index >= 15 is 0 Å². The highest BCUT2D eigenvalue weighted by Crippen LogP contribution is 2.30. The van der Waals surface area contributed by atoms with Gasteiger partial charge < -0.3 is 15.2 Å². The van der Waals surface area contributed by atoms with Crippen LogP contribution in [0.1, 0.15) is 5.56 Å². The topological polar surface area (TPSA) is 46.1 Å². The zero-order valence-corrected chi connectivity index (χ0v) is 6.88. The molecular weight excluding hydrogens is 154 g/mol. The van der Waals surface area contributed by atoms with Crippen molar-refractivity contribution in [3.05, 3.63) is 23.8 Å². The van der Waals surface area contributed by atoms with Crippen LogP contribution in [0.25, 0.3) is 0 Å². The molecule has 1 aliphatic rings. The van der Waals surface area contributed by atoms with E-state index in [2.05, 4.69) is 5.73 Å². The van der Waals surface area contributed by atoms with Crippen molar-refractivity contribution in [3.63, 3.8) is 0 Å². The number of hydrogen-bond acceptors (Lipinski definition) is 2. The van der Waals surface area contributed by atoms with Crippen molar-refractivity contribution in [1.82, 2.24) is 0 Å². The number of rotatable bonds is 1. The Morgan fingerprint density at radius 3 is 2.67 bits per heavy atom. The van der Waals surface area contributed by atoms with Crippen LogP contribution in [-0.2, 0) is 6.54 Å². The average Bonchev–Trinajstić information content (AvgIpc) is 2.17. The Morgan fingerprint density at radius 1 is 1.17 bits per heavy atom. The minimum atomic E-state index is 0.646. The summed E-state index contributed by atoms with van der Waals surface area (Å²) in [6.07, 6.45) is 0. The summed E-state index contributed by atoms with van der Waals surface area (Å²) in [6, 6.07) is 5.94. The molecule has 12 heavy (non-hydrogen) atoms. The first-order valence-corrected chi connectivity index (χ1v) is 4.08. The first kappa shape index (κ1) is 7.43. The molecule has 0 bridgehead atoms. The zero-order valence-electron chi connectivity index (χ0n) is 6.88. The van der Waals surface area contributed by atoms with Crippen LogP contribution in [0.4, 0.5) is 0 Å². The number of hydrogen-bond donors (Lipinski definition) is 1. The summed E-state index contributed by atoms with van der Waals surface area (Å²) in [4.78, 5) is 0. The van der Waals surface area contributed by atoms with Gasteiger partial charge in [-0.25, -0.2) is 0 Å². The molecular formula is C9H12NO2+. The molecule has 3 N–H and O–H groups in total. The highest BCUT2D eigenvalue weighted by Gasteiger charge is 2.10. The van der Waals surface area contributed by atoms with Gasteiger partial charge in [-0.2, -0.15) is 0 Å². The van der Waals surface area contributed by atoms with Gasteiger partial charge in [-0.3, -0.25) is 0 Å². The lowest BCUT2D eigenvalue weighted by Crippen LogP contribution is -2.47. The number of benzene rings is 1. The molecule has 0 aliphatic carbocycles. The first-order chi connectivity index (χ1) is 5.90. The standard InChI is InChI=1S/C9H11NO2/c10-6-7-1-2-8-9(5-7)12-4-3-11-8/h1-2,5H,3-4,6,10H2/p+1. The van der Waals surface area contributed by atoms with Gasteiger partial charge in [0, 0.05) is 5.56 Å². The third-order valence-electron chi connectivity index (χ3n) is 1.90. The monoisotopic (exact) mass is 166 g/mol. The van der Waals surface area contributed by atoms with Crippen LogP contribution >= 0.6 is 0 Å². The lowest BCUT2D eigenvalue weighted by molar-refractivity contribution is -0.386. The molecule has 0 saturated heterocycles. The Kier molecular flexibility index (Phi) is 1.87. The Balaban J connectivity index is 2.36. The molecule has 0 saturated carbocycles. The minimum Gasteiger partial charge on any atom is -0.486 e. The highest BCUT2D eigenvalue weighted by molar-refractivity contribution is 5.43. The molecule has 0 fully saturated rings. The molecule has 1 aromatic carbocycles. The van der Waals surface area contributed by atoms with Crippen LogP contribution < -0.4 is 15.2 Å². The summed E-state index contributed by atoms with van der Waals surface area (Å²) in [5, 5.41) is 0. The third-order valence-corrected chi connectivity index (χ3v) is 1.90. The van der Waals surface area contributed by atoms with E-state index in [9.17, 15) is 0 Å². The lowest BCUT2D eigenvalue weighted by Gasteiger charge is -2.18. The van der Waals surface area contributed by atoms with Crippen molar-refractivity contribution < 1.29 is 15.2 Å². The molecule has 0 aromatic heterocycles. The van der Waals surface area contributed by atoms with Crippen molar-refractivity contribution in [1.29, 1.82) is 0 Å². The predicted molar refractivity (Wildman–Crippen MR) is 44.0 cm³/mol. The highest BCUT2D eigenvalue weighted by atomic mass is 16.6. The van der Waals surface area contributed by atoms with Gasteiger partial charge >= 0.3 is 0 Å². The van der Waals surface area contributed by atoms with E-state index < -0.39 is 0 Å². The van der Waals surface area contributed by atoms with Gasteiger partial charge in [-0.1, -0.05) is 0 Å². The second-order valence-electron chi connectivity index (χ2n) is 2.73. The predicted octanol–water partition coefficient (Wildman–Crippen LogP) is 0.200. The fourth-order valence-electron chi connectivity index (χ4n) is 1.24. The van der Waals surface area contributed by atoms with E-state index in [-0.39, 0.29) is 0 Å². The zero-order chi connectivity index (χ0) is 8.39. The minimum absolute atomic E-state index is 0.646. The summed E-state index contributed by atoms with van der Waals surface area (Å²) in [5.41, 5.74) is 4.99. The fraction of sp³-hybridized carbons (Fsp3) is 0.333. The maximum absolute atomic E-state index is 5.41. The molecule has 0 atom stereocenters. The molecule has 64 valence electrons. The van der Waals surface area contributed by atoms with Crippen molar-refractivity contribution >= 4 is 0 Å². The van der Waals surface area contributed by atoms with Crippen LogP contribution in [-0.4, -0.2) is 13.2 Å². The summed E-state index contributed by atoms with van der Waals surface area (Å²) in [5.74, 6) is 1.70. The van der Waals surface area contributed by atoms with Crippen molar-refractivity contribution in [2.45, 2.75) is 6.54 Å². The van der Waals surface area contributed by atoms with Gasteiger partial charge in [0.05, 0.1) is 6.54 Å². The maximum Gasteiger partial charge on any atom is 0.161 e. The molecule has 3 heteroatoms. The Hall–Kier alpha value is -1.22. The second kappa shape index (κ2) is 3.03. The first-order valence-electron chi connectivity index (χ1n) is 4.08. The normalized spacial score (nSPS) is 14.4. The van der Waals surface area contributed by atoms with Crippen LogP contribution in [0.2, 0.25) is 0 Å². The fourth-order valence-corrected chi connectivity index (χ4v) is 1.24. The average molecular weight is 166 g/mol. The Labute approximate surface area is 71.1 Å². The summed E-state index contributed by atoms with van der Waals surface area (Å²) in [7, 11) is 0. The van der Waals surface area contributed by atoms with Gasteiger partial charge in [0.25, 0.3) is 0 Å². The van der Waals surface area contributed by atoms with Gasteiger partial charge in [0.1, 0.15) is 13.2 Å². The lowest BCUT2D eigenvalue weighted by atomic mass is 10.2. The summed E-state index contributed by atoms with van der Waals surface area (Å²) >= 11 is 0. The smallest absolute Gasteiger partial charge is 0.161 e. The van der Waals surface area contributed by atoms with Crippen molar-refractivity contribution in [3.8, 4) is 11.5 Å². The number of fused-ring (bicyclic) bond motifs is 1. The van der Waals surface area contributed by atoms with Crippen LogP contribution in [0.15, 0.2) is 18.2 Å². The third kappa shape index (κ3) is 1.23. The van der Waals surface area contributed by atoms with Crippen LogP contribution in [0.5, 0.6) is 11.5 Å². The maximum atomic E-state index is 5.41. The largest absolute Gasteiger partial charge is 0.486 e. The molecule has 1 heterocycles. The van der Waals surface area contributed by atoms with E-state index in [1.807, 2.05) is 18.2 Å². The van der Waals surface area contributed by atoms with Crippen molar-refractivity contribution in [2.75, 3.05) is 13.2 Å². The SMILES string of the molecule is [NH3+]Cc1ccc2c(c1)OCCO2. The second-order valence-corrected chi connectivity index (χ2v) is 2.73. The molecule has 3 nitrogen and oxygen atoms in total. The molecule has 0 unspecified atom stereocenters. The van der Waals surface area contributed by atoms with Gasteiger partial charge in [0.15, 0.2) is 11.5 Å². The Morgan fingerprint density at radius 2 is 1.92 bits per heavy atom.